The summed E-state index contributed by atoms with van der Waals surface area (Å²) in [6.45, 7) is 8.71. The van der Waals surface area contributed by atoms with Crippen LogP contribution in [0.2, 0.25) is 0 Å². The summed E-state index contributed by atoms with van der Waals surface area (Å²) >= 11 is 5.17. The van der Waals surface area contributed by atoms with Gasteiger partial charge in [0.2, 0.25) is 0 Å². The number of carbonyl (C=O) groups is 1. The lowest BCUT2D eigenvalue weighted by molar-refractivity contribution is -0.147. The average molecular weight is 606 g/mol. The first-order valence-corrected chi connectivity index (χ1v) is 14.4. The van der Waals surface area contributed by atoms with Gasteiger partial charge in [-0.25, -0.2) is 15.0 Å². The van der Waals surface area contributed by atoms with Crippen molar-refractivity contribution in [1.29, 1.82) is 0 Å². The lowest BCUT2D eigenvalue weighted by atomic mass is 9.87. The number of piperidine rings is 1. The van der Waals surface area contributed by atoms with Crippen LogP contribution in [0, 0.1) is 11.3 Å². The zero-order valence-electron chi connectivity index (χ0n) is 21.8. The molecule has 3 aromatic rings. The number of aliphatic hydroxyl groups is 1. The van der Waals surface area contributed by atoms with Gasteiger partial charge in [-0.3, -0.25) is 4.79 Å². The van der Waals surface area contributed by atoms with Gasteiger partial charge in [-0.05, 0) is 58.7 Å². The molecule has 0 saturated carbocycles. The molecule has 5 rings (SSSR count). The highest BCUT2D eigenvalue weighted by Gasteiger charge is 2.34. The summed E-state index contributed by atoms with van der Waals surface area (Å²) in [5.41, 5.74) is 6.97. The van der Waals surface area contributed by atoms with Gasteiger partial charge in [-0.2, -0.15) is 0 Å². The van der Waals surface area contributed by atoms with E-state index in [-0.39, 0.29) is 5.91 Å². The van der Waals surface area contributed by atoms with Crippen molar-refractivity contribution in [3.05, 3.63) is 22.9 Å². The molecule has 1 fully saturated rings. The highest BCUT2D eigenvalue weighted by molar-refractivity contribution is 9.10. The smallest absolute Gasteiger partial charge is 0.251 e. The Morgan fingerprint density at radius 2 is 1.89 bits per heavy atom. The minimum Gasteiger partial charge on any atom is -0.486 e. The van der Waals surface area contributed by atoms with E-state index in [1.54, 1.807) is 4.90 Å². The Morgan fingerprint density at radius 3 is 2.58 bits per heavy atom. The molecule has 0 spiro atoms. The van der Waals surface area contributed by atoms with E-state index in [2.05, 4.69) is 30.5 Å². The number of nitrogens with zero attached hydrogens (tertiary/aromatic N) is 5. The third-order valence-electron chi connectivity index (χ3n) is 7.06. The molecule has 1 saturated heterocycles. The van der Waals surface area contributed by atoms with Gasteiger partial charge in [0, 0.05) is 29.0 Å². The largest absolute Gasteiger partial charge is 0.486 e. The quantitative estimate of drug-likeness (QED) is 0.426. The minimum absolute atomic E-state index is 0.174. The summed E-state index contributed by atoms with van der Waals surface area (Å²) in [6, 6.07) is 3.88. The molecule has 0 unspecified atom stereocenters. The fraction of sp³-hybridized carbons (Fsp3) is 0.538. The van der Waals surface area contributed by atoms with Gasteiger partial charge in [-0.1, -0.05) is 32.5 Å². The average Bonchev–Trinajstić information content (AvgIpc) is 3.25. The predicted octanol–water partition coefficient (Wildman–Crippen LogP) is 4.13. The lowest BCUT2D eigenvalue weighted by Crippen LogP contribution is -2.48. The van der Waals surface area contributed by atoms with Crippen LogP contribution in [0.25, 0.3) is 11.2 Å². The van der Waals surface area contributed by atoms with E-state index in [0.29, 0.717) is 61.5 Å². The minimum atomic E-state index is -0.985. The zero-order chi connectivity index (χ0) is 27.0. The standard InChI is InChI=1S/C26H33BrN6O4S/c1-26(2,3)21(34)24(35)32-7-4-15(5-8-32)6-9-33-23-20(22(28)29-14-30-23)31-25(33)38-19-13-18-17(12-16(19)27)36-10-11-37-18/h12-15,21,34H,4-11H2,1-3H3,(H2,28,29,30)/t21-/m1/s1. The molecule has 1 amide bonds. The number of aryl methyl sites for hydroxylation is 1. The third kappa shape index (κ3) is 5.57. The van der Waals surface area contributed by atoms with E-state index in [4.69, 9.17) is 20.2 Å². The van der Waals surface area contributed by atoms with Crippen molar-refractivity contribution in [3.63, 3.8) is 0 Å². The van der Waals surface area contributed by atoms with E-state index in [1.165, 1.54) is 18.1 Å². The number of aromatic nitrogens is 4. The number of amides is 1. The Hall–Kier alpha value is -2.57. The van der Waals surface area contributed by atoms with Crippen molar-refractivity contribution in [2.45, 2.75) is 62.7 Å². The second-order valence-electron chi connectivity index (χ2n) is 10.8. The molecular formula is C26H33BrN6O4S. The number of halogens is 1. The van der Waals surface area contributed by atoms with Gasteiger partial charge >= 0.3 is 0 Å². The van der Waals surface area contributed by atoms with Gasteiger partial charge in [0.25, 0.3) is 5.91 Å². The van der Waals surface area contributed by atoms with Crippen LogP contribution in [0.5, 0.6) is 11.5 Å². The molecule has 2 aliphatic heterocycles. The summed E-state index contributed by atoms with van der Waals surface area (Å²) in [5.74, 6) is 2.05. The SMILES string of the molecule is CC(C)(C)[C@H](O)C(=O)N1CCC(CCn2c(Sc3cc4c(cc3Br)OCCO4)nc3c(N)ncnc32)CC1. The van der Waals surface area contributed by atoms with E-state index in [0.717, 1.165) is 39.5 Å². The molecule has 12 heteroatoms. The van der Waals surface area contributed by atoms with Crippen LogP contribution in [0.3, 0.4) is 0 Å². The number of imidazole rings is 1. The van der Waals surface area contributed by atoms with E-state index < -0.39 is 11.5 Å². The van der Waals surface area contributed by atoms with Gasteiger partial charge in [0.15, 0.2) is 33.6 Å². The summed E-state index contributed by atoms with van der Waals surface area (Å²) in [4.78, 5) is 28.9. The predicted molar refractivity (Wildman–Crippen MR) is 148 cm³/mol. The van der Waals surface area contributed by atoms with Gasteiger partial charge < -0.3 is 29.8 Å². The third-order valence-corrected chi connectivity index (χ3v) is 9.04. The molecule has 10 nitrogen and oxygen atoms in total. The first kappa shape index (κ1) is 27.0. The topological polar surface area (TPSA) is 129 Å². The molecule has 0 radical (unpaired) electrons. The fourth-order valence-corrected chi connectivity index (χ4v) is 6.24. The zero-order valence-corrected chi connectivity index (χ0v) is 24.2. The first-order chi connectivity index (χ1) is 18.1. The van der Waals surface area contributed by atoms with Crippen LogP contribution >= 0.6 is 27.7 Å². The summed E-state index contributed by atoms with van der Waals surface area (Å²) in [6.07, 6.45) is 3.18. The molecule has 204 valence electrons. The summed E-state index contributed by atoms with van der Waals surface area (Å²) in [5, 5.41) is 11.2. The molecule has 0 aliphatic carbocycles. The number of carbonyl (C=O) groups excluding carboxylic acids is 1. The number of aliphatic hydroxyl groups excluding tert-OH is 1. The molecule has 38 heavy (non-hydrogen) atoms. The normalized spacial score (nSPS) is 17.1. The Morgan fingerprint density at radius 1 is 1.21 bits per heavy atom. The second-order valence-corrected chi connectivity index (χ2v) is 12.7. The Balaban J connectivity index is 1.31. The number of anilines is 1. The van der Waals surface area contributed by atoms with Crippen molar-refractivity contribution >= 4 is 50.6 Å². The maximum absolute atomic E-state index is 12.7. The molecule has 3 N–H and O–H groups in total. The Kier molecular flexibility index (Phi) is 7.74. The maximum Gasteiger partial charge on any atom is 0.251 e. The fourth-order valence-electron chi connectivity index (χ4n) is 4.73. The van der Waals surface area contributed by atoms with Gasteiger partial charge in [0.05, 0.1) is 0 Å². The number of rotatable bonds is 6. The summed E-state index contributed by atoms with van der Waals surface area (Å²) in [7, 11) is 0. The van der Waals surface area contributed by atoms with Crippen molar-refractivity contribution < 1.29 is 19.4 Å². The van der Waals surface area contributed by atoms with Crippen LogP contribution in [-0.2, 0) is 11.3 Å². The van der Waals surface area contributed by atoms with Gasteiger partial charge in [-0.15, -0.1) is 0 Å². The molecule has 1 atom stereocenters. The van der Waals surface area contributed by atoms with Crippen molar-refractivity contribution in [2.75, 3.05) is 32.0 Å². The second kappa shape index (κ2) is 10.9. The summed E-state index contributed by atoms with van der Waals surface area (Å²) < 4.78 is 14.5. The molecule has 0 bridgehead atoms. The number of ether oxygens (including phenoxy) is 2. The number of hydrogen-bond donors (Lipinski definition) is 2. The Bertz CT molecular complexity index is 1340. The monoisotopic (exact) mass is 604 g/mol. The molecule has 1 aromatic carbocycles. The van der Waals surface area contributed by atoms with Crippen molar-refractivity contribution in [3.8, 4) is 11.5 Å². The molecular weight excluding hydrogens is 572 g/mol. The number of fused-ring (bicyclic) bond motifs is 2. The van der Waals surface area contributed by atoms with E-state index in [9.17, 15) is 9.90 Å². The van der Waals surface area contributed by atoms with Crippen LogP contribution in [0.15, 0.2) is 33.0 Å². The van der Waals surface area contributed by atoms with Crippen LogP contribution in [0.1, 0.15) is 40.0 Å². The van der Waals surface area contributed by atoms with Crippen molar-refractivity contribution in [1.82, 2.24) is 24.4 Å². The molecule has 2 aliphatic rings. The number of hydrogen-bond acceptors (Lipinski definition) is 9. The highest BCUT2D eigenvalue weighted by Crippen LogP contribution is 2.42. The first-order valence-electron chi connectivity index (χ1n) is 12.8. The number of nitrogens with two attached hydrogens (primary N) is 1. The van der Waals surface area contributed by atoms with E-state index in [1.807, 2.05) is 32.9 Å². The molecule has 4 heterocycles. The van der Waals surface area contributed by atoms with Crippen LogP contribution in [-0.4, -0.2) is 67.8 Å². The Labute approximate surface area is 234 Å². The van der Waals surface area contributed by atoms with Gasteiger partial charge in [0.1, 0.15) is 25.6 Å². The van der Waals surface area contributed by atoms with Crippen LogP contribution < -0.4 is 15.2 Å². The highest BCUT2D eigenvalue weighted by atomic mass is 79.9. The number of likely N-dealkylation sites (tertiary alicyclic amines) is 1. The lowest BCUT2D eigenvalue weighted by Gasteiger charge is -2.36. The molecule has 2 aromatic heterocycles. The number of benzene rings is 1. The number of nitrogen functional groups attached to an aromatic ring is 1. The van der Waals surface area contributed by atoms with Crippen molar-refractivity contribution in [2.24, 2.45) is 11.3 Å². The van der Waals surface area contributed by atoms with E-state index >= 15 is 0 Å². The van der Waals surface area contributed by atoms with Crippen LogP contribution in [0.4, 0.5) is 5.82 Å². The maximum atomic E-state index is 12.7.